The fourth-order valence-corrected chi connectivity index (χ4v) is 4.68. The summed E-state index contributed by atoms with van der Waals surface area (Å²) in [6.07, 6.45) is 3.99. The van der Waals surface area contributed by atoms with E-state index in [1.54, 1.807) is 19.9 Å². The predicted octanol–water partition coefficient (Wildman–Crippen LogP) is 3.95. The fraction of sp³-hybridized carbons (Fsp3) is 0.182. The van der Waals surface area contributed by atoms with E-state index in [2.05, 4.69) is 49.4 Å². The molecule has 0 aliphatic rings. The van der Waals surface area contributed by atoms with Crippen molar-refractivity contribution in [3.8, 4) is 11.6 Å². The lowest BCUT2D eigenvalue weighted by Gasteiger charge is -2.06. The van der Waals surface area contributed by atoms with E-state index in [9.17, 15) is 9.59 Å². The zero-order valence-corrected chi connectivity index (χ0v) is 23.9. The van der Waals surface area contributed by atoms with E-state index >= 15 is 0 Å². The van der Waals surface area contributed by atoms with Gasteiger partial charge in [0.1, 0.15) is 17.5 Å². The van der Waals surface area contributed by atoms with Gasteiger partial charge in [-0.3, -0.25) is 0 Å². The summed E-state index contributed by atoms with van der Waals surface area (Å²) in [5.41, 5.74) is 14.5. The zero-order chi connectivity index (χ0) is 30.0. The number of rotatable bonds is 8. The number of aromatic nitrogens is 8. The number of carbonyl (C=O) groups is 2. The molecule has 0 radical (unpaired) electrons. The zero-order valence-electron chi connectivity index (χ0n) is 22.3. The van der Waals surface area contributed by atoms with Gasteiger partial charge in [0.2, 0.25) is 0 Å². The number of hydrogen-bond donors (Lipinski definition) is 2. The molecule has 0 aromatic carbocycles. The van der Waals surface area contributed by atoms with Crippen LogP contribution in [-0.4, -0.2) is 64.4 Å². The van der Waals surface area contributed by atoms with Crippen LogP contribution >= 0.6 is 23.1 Å². The minimum Gasteiger partial charge on any atom is -0.465 e. The number of anilines is 2. The van der Waals surface area contributed by atoms with Crippen LogP contribution in [0.3, 0.4) is 0 Å². The highest BCUT2D eigenvalue weighted by Crippen LogP contribution is 2.34. The summed E-state index contributed by atoms with van der Waals surface area (Å²) in [7, 11) is 2.52. The molecule has 5 aromatic rings. The molecule has 0 aliphatic carbocycles. The van der Waals surface area contributed by atoms with E-state index in [0.717, 1.165) is 23.1 Å². The van der Waals surface area contributed by atoms with E-state index in [4.69, 9.17) is 20.9 Å². The second-order valence-electron chi connectivity index (χ2n) is 8.17. The summed E-state index contributed by atoms with van der Waals surface area (Å²) in [5, 5.41) is 26.0. The first-order valence-electron chi connectivity index (χ1n) is 11.7. The number of esters is 2. The third kappa shape index (κ3) is 5.17. The quantitative estimate of drug-likeness (QED) is 0.188. The molecule has 5 heterocycles. The van der Waals surface area contributed by atoms with Gasteiger partial charge in [0.25, 0.3) is 0 Å². The Morgan fingerprint density at radius 1 is 0.762 bits per heavy atom. The smallest absolute Gasteiger partial charge is 0.342 e. The number of azo groups is 2. The van der Waals surface area contributed by atoms with E-state index in [1.807, 2.05) is 0 Å². The Labute approximate surface area is 244 Å². The minimum atomic E-state index is -0.584. The summed E-state index contributed by atoms with van der Waals surface area (Å²) < 4.78 is 20.1. The predicted molar refractivity (Wildman–Crippen MR) is 150 cm³/mol. The maximum Gasteiger partial charge on any atom is 0.342 e. The standard InChI is InChI=1S/C22H20N14O4S2/c1-9-15(29-31-19-11(6-27-41-19)21(37)39-3)17(23)35(33-9)13-5-14(26-8-25-13)36-18(24)16(10(2)34-36)30-32-20-12(7-28-42-20)22(38)40-4/h5-8H,23-24H2,1-4H3/b31-29+,32-30+. The van der Waals surface area contributed by atoms with Crippen molar-refractivity contribution in [2.75, 3.05) is 25.7 Å². The van der Waals surface area contributed by atoms with Gasteiger partial charge in [-0.25, -0.2) is 19.6 Å². The number of aryl methyl sites for hydroxylation is 2. The summed E-state index contributed by atoms with van der Waals surface area (Å²) in [5.74, 6) is -0.320. The molecule has 0 bridgehead atoms. The first-order chi connectivity index (χ1) is 20.2. The second kappa shape index (κ2) is 11.5. The SMILES string of the molecule is COC(=O)c1cnsc1/N=N/c1c(C)nn(-c2cc(-n3nc(C)c(/N=N/c4sncc4C(=O)OC)c3N)ncn2)c1N. The average Bonchev–Trinajstić information content (AvgIpc) is 3.77. The largest absolute Gasteiger partial charge is 0.465 e. The van der Waals surface area contributed by atoms with E-state index in [0.29, 0.717) is 11.4 Å². The molecular formula is C22H20N14O4S2. The number of hydrogen-bond acceptors (Lipinski definition) is 18. The first kappa shape index (κ1) is 28.0. The summed E-state index contributed by atoms with van der Waals surface area (Å²) >= 11 is 1.96. The summed E-state index contributed by atoms with van der Waals surface area (Å²) in [6, 6.07) is 1.56. The Balaban J connectivity index is 1.45. The minimum absolute atomic E-state index is 0.134. The van der Waals surface area contributed by atoms with Crippen molar-refractivity contribution in [2.45, 2.75) is 13.8 Å². The highest BCUT2D eigenvalue weighted by atomic mass is 32.1. The molecule has 5 aromatic heterocycles. The maximum absolute atomic E-state index is 11.9. The highest BCUT2D eigenvalue weighted by Gasteiger charge is 2.20. The van der Waals surface area contributed by atoms with Gasteiger partial charge in [-0.15, -0.1) is 20.5 Å². The van der Waals surface area contributed by atoms with Crippen LogP contribution in [0.25, 0.3) is 11.6 Å². The number of nitrogens with two attached hydrogens (primary N) is 2. The van der Waals surface area contributed by atoms with Gasteiger partial charge in [0, 0.05) is 6.07 Å². The van der Waals surface area contributed by atoms with Gasteiger partial charge in [-0.05, 0) is 36.9 Å². The number of methoxy groups -OCH3 is 2. The number of nitrogens with zero attached hydrogens (tertiary/aromatic N) is 12. The normalized spacial score (nSPS) is 11.5. The molecule has 0 aliphatic heterocycles. The van der Waals surface area contributed by atoms with Crippen molar-refractivity contribution in [3.05, 3.63) is 47.3 Å². The molecule has 18 nitrogen and oxygen atoms in total. The van der Waals surface area contributed by atoms with Crippen LogP contribution < -0.4 is 11.5 Å². The van der Waals surface area contributed by atoms with Gasteiger partial charge >= 0.3 is 11.9 Å². The third-order valence-electron chi connectivity index (χ3n) is 5.59. The molecule has 42 heavy (non-hydrogen) atoms. The van der Waals surface area contributed by atoms with Crippen LogP contribution in [-0.2, 0) is 9.47 Å². The van der Waals surface area contributed by atoms with E-state index < -0.39 is 11.9 Å². The fourth-order valence-electron chi connectivity index (χ4n) is 3.54. The summed E-state index contributed by atoms with van der Waals surface area (Å²) in [4.78, 5) is 32.3. The molecule has 0 unspecified atom stereocenters. The topological polar surface area (TPSA) is 241 Å². The van der Waals surface area contributed by atoms with E-state index in [1.165, 1.54) is 42.3 Å². The highest BCUT2D eigenvalue weighted by molar-refractivity contribution is 7.10. The van der Waals surface area contributed by atoms with Gasteiger partial charge in [-0.1, -0.05) is 0 Å². The van der Waals surface area contributed by atoms with Gasteiger partial charge in [-0.2, -0.15) is 28.3 Å². The van der Waals surface area contributed by atoms with Crippen molar-refractivity contribution in [2.24, 2.45) is 20.5 Å². The molecule has 0 saturated carbocycles. The number of nitrogen functional groups attached to an aromatic ring is 2. The second-order valence-corrected chi connectivity index (χ2v) is 9.73. The Bertz CT molecular complexity index is 1740. The first-order valence-corrected chi connectivity index (χ1v) is 13.2. The molecule has 5 rings (SSSR count). The average molecular weight is 609 g/mol. The molecule has 0 spiro atoms. The molecule has 20 heteroatoms. The maximum atomic E-state index is 11.9. The summed E-state index contributed by atoms with van der Waals surface area (Å²) in [6.45, 7) is 3.39. The molecule has 0 fully saturated rings. The molecule has 0 amide bonds. The van der Waals surface area contributed by atoms with Crippen molar-refractivity contribution < 1.29 is 19.1 Å². The Morgan fingerprint density at radius 2 is 1.19 bits per heavy atom. The lowest BCUT2D eigenvalue weighted by molar-refractivity contribution is 0.0593. The molecular weight excluding hydrogens is 588 g/mol. The molecule has 0 saturated heterocycles. The molecule has 4 N–H and O–H groups in total. The van der Waals surface area contributed by atoms with Crippen molar-refractivity contribution in [1.29, 1.82) is 0 Å². The Hall–Kier alpha value is -5.50. The van der Waals surface area contributed by atoms with Crippen LogP contribution in [0.2, 0.25) is 0 Å². The van der Waals surface area contributed by atoms with E-state index in [-0.39, 0.29) is 55.8 Å². The van der Waals surface area contributed by atoms with Crippen LogP contribution in [0.1, 0.15) is 32.1 Å². The van der Waals surface area contributed by atoms with Crippen molar-refractivity contribution >= 4 is 68.0 Å². The number of carbonyl (C=O) groups excluding carboxylic acids is 2. The lowest BCUT2D eigenvalue weighted by atomic mass is 10.3. The monoisotopic (exact) mass is 608 g/mol. The van der Waals surface area contributed by atoms with Gasteiger partial charge in [0.05, 0.1) is 38.0 Å². The van der Waals surface area contributed by atoms with Crippen molar-refractivity contribution in [1.82, 2.24) is 38.3 Å². The molecule has 0 atom stereocenters. The van der Waals surface area contributed by atoms with Crippen LogP contribution in [0.15, 0.2) is 45.2 Å². The Kier molecular flexibility index (Phi) is 7.71. The van der Waals surface area contributed by atoms with Crippen molar-refractivity contribution in [3.63, 3.8) is 0 Å². The van der Waals surface area contributed by atoms with Crippen LogP contribution in [0.4, 0.5) is 33.0 Å². The number of ether oxygens (including phenoxy) is 2. The van der Waals surface area contributed by atoms with Crippen LogP contribution in [0, 0.1) is 13.8 Å². The lowest BCUT2D eigenvalue weighted by Crippen LogP contribution is -2.09. The molecule has 214 valence electrons. The van der Waals surface area contributed by atoms with Crippen LogP contribution in [0.5, 0.6) is 0 Å². The van der Waals surface area contributed by atoms with Gasteiger partial charge in [0.15, 0.2) is 44.6 Å². The van der Waals surface area contributed by atoms with Gasteiger partial charge < -0.3 is 20.9 Å². The Morgan fingerprint density at radius 3 is 1.60 bits per heavy atom. The third-order valence-corrected chi connectivity index (χ3v) is 6.96.